The minimum Gasteiger partial charge on any atom is -0.394 e. The number of benzene rings is 2. The van der Waals surface area contributed by atoms with E-state index < -0.39 is 72.8 Å². The molecule has 13 nitrogen and oxygen atoms in total. The SMILES string of the molecule is CO[C@@H]1[C@@H](n2cc(-c3cccc(F)c3)nn2)[C@@H](O)[C@@H](CO)O[C@H]1C(=O)N[C@H]1CCC[C@@H](n2cc(-c3cccc(F)c3)nn2)[C@@H]1O. The maximum atomic E-state index is 13.8. The average Bonchev–Trinajstić information content (AvgIpc) is 3.73. The highest BCUT2D eigenvalue weighted by Gasteiger charge is 2.50. The first-order valence-electron chi connectivity index (χ1n) is 14.6. The predicted octanol–water partition coefficient (Wildman–Crippen LogP) is 1.43. The third-order valence-electron chi connectivity index (χ3n) is 8.45. The van der Waals surface area contributed by atoms with Crippen molar-refractivity contribution in [3.8, 4) is 22.5 Å². The highest BCUT2D eigenvalue weighted by molar-refractivity contribution is 5.82. The molecule has 15 heteroatoms. The number of methoxy groups -OCH3 is 1. The molecule has 4 N–H and O–H groups in total. The Labute approximate surface area is 256 Å². The Kier molecular flexibility index (Phi) is 8.96. The van der Waals surface area contributed by atoms with Crippen molar-refractivity contribution < 1.29 is 38.4 Å². The van der Waals surface area contributed by atoms with Gasteiger partial charge in [0.15, 0.2) is 6.10 Å². The maximum Gasteiger partial charge on any atom is 0.252 e. The molecule has 2 aromatic carbocycles. The topological polar surface area (TPSA) is 170 Å². The molecule has 0 bridgehead atoms. The third-order valence-corrected chi connectivity index (χ3v) is 8.45. The van der Waals surface area contributed by atoms with Crippen LogP contribution in [0.5, 0.6) is 0 Å². The van der Waals surface area contributed by atoms with Crippen molar-refractivity contribution in [2.75, 3.05) is 13.7 Å². The van der Waals surface area contributed by atoms with Crippen LogP contribution in [0.25, 0.3) is 22.5 Å². The zero-order chi connectivity index (χ0) is 31.7. The largest absolute Gasteiger partial charge is 0.394 e. The van der Waals surface area contributed by atoms with Gasteiger partial charge in [-0.15, -0.1) is 10.2 Å². The molecule has 1 amide bonds. The molecule has 2 fully saturated rings. The Morgan fingerprint density at radius 1 is 0.978 bits per heavy atom. The zero-order valence-electron chi connectivity index (χ0n) is 24.2. The Balaban J connectivity index is 1.20. The number of nitrogens with one attached hydrogen (secondary N) is 1. The van der Waals surface area contributed by atoms with Crippen LogP contribution in [0.3, 0.4) is 0 Å². The summed E-state index contributed by atoms with van der Waals surface area (Å²) in [5.74, 6) is -1.48. The molecule has 1 aliphatic carbocycles. The number of hydrogen-bond donors (Lipinski definition) is 4. The van der Waals surface area contributed by atoms with E-state index in [0.717, 1.165) is 0 Å². The maximum absolute atomic E-state index is 13.8. The molecule has 0 spiro atoms. The van der Waals surface area contributed by atoms with E-state index >= 15 is 0 Å². The summed E-state index contributed by atoms with van der Waals surface area (Å²) in [6, 6.07) is 9.52. The van der Waals surface area contributed by atoms with Gasteiger partial charge < -0.3 is 30.1 Å². The number of carbonyl (C=O) groups excluding carboxylic acids is 1. The monoisotopic (exact) mass is 625 g/mol. The lowest BCUT2D eigenvalue weighted by atomic mass is 9.87. The summed E-state index contributed by atoms with van der Waals surface area (Å²) < 4.78 is 41.9. The first-order chi connectivity index (χ1) is 21.8. The molecule has 8 atom stereocenters. The Morgan fingerprint density at radius 2 is 1.60 bits per heavy atom. The van der Waals surface area contributed by atoms with Gasteiger partial charge >= 0.3 is 0 Å². The highest BCUT2D eigenvalue weighted by atomic mass is 19.1. The predicted molar refractivity (Wildman–Crippen MR) is 153 cm³/mol. The molecule has 238 valence electrons. The van der Waals surface area contributed by atoms with E-state index in [1.54, 1.807) is 24.4 Å². The molecule has 0 unspecified atom stereocenters. The van der Waals surface area contributed by atoms with E-state index in [1.165, 1.54) is 53.0 Å². The average molecular weight is 626 g/mol. The molecular weight excluding hydrogens is 592 g/mol. The van der Waals surface area contributed by atoms with Crippen LogP contribution < -0.4 is 5.32 Å². The van der Waals surface area contributed by atoms with Crippen molar-refractivity contribution in [1.29, 1.82) is 0 Å². The lowest BCUT2D eigenvalue weighted by Gasteiger charge is -2.43. The Morgan fingerprint density at radius 3 is 2.20 bits per heavy atom. The molecule has 1 aliphatic heterocycles. The van der Waals surface area contributed by atoms with Crippen LogP contribution in [0, 0.1) is 11.6 Å². The number of nitrogens with zero attached hydrogens (tertiary/aromatic N) is 6. The molecule has 3 heterocycles. The van der Waals surface area contributed by atoms with E-state index in [-0.39, 0.29) is 0 Å². The number of carbonyl (C=O) groups is 1. The summed E-state index contributed by atoms with van der Waals surface area (Å²) in [5, 5.41) is 51.8. The molecule has 1 saturated heterocycles. The van der Waals surface area contributed by atoms with Gasteiger partial charge in [0.1, 0.15) is 47.4 Å². The Hall–Kier alpha value is -4.15. The number of aliphatic hydroxyl groups excluding tert-OH is 3. The van der Waals surface area contributed by atoms with Crippen LogP contribution >= 0.6 is 0 Å². The molecule has 1 saturated carbocycles. The molecule has 45 heavy (non-hydrogen) atoms. The van der Waals surface area contributed by atoms with Gasteiger partial charge in [-0.1, -0.05) is 34.7 Å². The Bertz CT molecular complexity index is 1640. The summed E-state index contributed by atoms with van der Waals surface area (Å²) in [5.41, 5.74) is 1.78. The van der Waals surface area contributed by atoms with E-state index in [0.29, 0.717) is 41.8 Å². The molecule has 2 aromatic heterocycles. The summed E-state index contributed by atoms with van der Waals surface area (Å²) in [6.07, 6.45) is -1.12. The van der Waals surface area contributed by atoms with Crippen molar-refractivity contribution in [3.05, 3.63) is 72.6 Å². The summed E-state index contributed by atoms with van der Waals surface area (Å²) in [4.78, 5) is 13.7. The van der Waals surface area contributed by atoms with E-state index in [1.807, 2.05) is 0 Å². The van der Waals surface area contributed by atoms with Crippen LogP contribution in [0.4, 0.5) is 8.78 Å². The van der Waals surface area contributed by atoms with Crippen molar-refractivity contribution in [2.24, 2.45) is 0 Å². The molecule has 0 radical (unpaired) electrons. The van der Waals surface area contributed by atoms with Gasteiger partial charge in [0.2, 0.25) is 0 Å². The number of ether oxygens (including phenoxy) is 2. The van der Waals surface area contributed by atoms with Gasteiger partial charge in [-0.05, 0) is 43.5 Å². The number of amides is 1. The zero-order valence-corrected chi connectivity index (χ0v) is 24.2. The van der Waals surface area contributed by atoms with Gasteiger partial charge in [-0.2, -0.15) is 0 Å². The van der Waals surface area contributed by atoms with Crippen molar-refractivity contribution >= 4 is 5.91 Å². The number of aromatic nitrogens is 6. The van der Waals surface area contributed by atoms with Gasteiger partial charge in [0.05, 0.1) is 37.2 Å². The van der Waals surface area contributed by atoms with E-state index in [9.17, 15) is 28.9 Å². The van der Waals surface area contributed by atoms with Crippen LogP contribution in [0.2, 0.25) is 0 Å². The fourth-order valence-electron chi connectivity index (χ4n) is 6.16. The van der Waals surface area contributed by atoms with Gasteiger partial charge in [0, 0.05) is 18.2 Å². The smallest absolute Gasteiger partial charge is 0.252 e. The quantitative estimate of drug-likeness (QED) is 0.225. The van der Waals surface area contributed by atoms with Crippen LogP contribution in [-0.4, -0.2) is 101 Å². The number of aliphatic hydroxyl groups is 3. The second kappa shape index (κ2) is 13.1. The third kappa shape index (κ3) is 6.21. The van der Waals surface area contributed by atoms with Crippen LogP contribution in [-0.2, 0) is 14.3 Å². The second-order valence-electron chi connectivity index (χ2n) is 11.3. The van der Waals surface area contributed by atoms with E-state index in [2.05, 4.69) is 25.9 Å². The van der Waals surface area contributed by atoms with Crippen molar-refractivity contribution in [3.63, 3.8) is 0 Å². The summed E-state index contributed by atoms with van der Waals surface area (Å²) in [7, 11) is 1.35. The first-order valence-corrected chi connectivity index (χ1v) is 14.6. The van der Waals surface area contributed by atoms with Crippen molar-refractivity contribution in [2.45, 2.75) is 67.9 Å². The standard InChI is InChI=1S/C30H33F2N7O6/c1-44-28-25(39-14-22(35-37-39)17-6-3-8-19(32)12-17)27(42)24(15-40)45-29(28)30(43)33-20-9-4-10-23(26(20)41)38-13-21(34-36-38)16-5-2-7-18(31)11-16/h2-3,5-8,11-14,20,23-29,40-42H,4,9-10,15H2,1H3,(H,33,43)/t20-,23+,24+,25-,26+,27-,28+,29+/m0/s1. The lowest BCUT2D eigenvalue weighted by Crippen LogP contribution is -2.62. The van der Waals surface area contributed by atoms with Crippen LogP contribution in [0.15, 0.2) is 60.9 Å². The van der Waals surface area contributed by atoms with Gasteiger partial charge in [-0.25, -0.2) is 18.1 Å². The number of hydrogen-bond acceptors (Lipinski definition) is 10. The number of rotatable bonds is 8. The minimum atomic E-state index is -1.34. The van der Waals surface area contributed by atoms with Crippen LogP contribution in [0.1, 0.15) is 31.3 Å². The van der Waals surface area contributed by atoms with Gasteiger partial charge in [-0.3, -0.25) is 4.79 Å². The molecular formula is C30H33F2N7O6. The minimum absolute atomic E-state index is 0.328. The van der Waals surface area contributed by atoms with E-state index in [4.69, 9.17) is 9.47 Å². The first kappa shape index (κ1) is 30.9. The fourth-order valence-corrected chi connectivity index (χ4v) is 6.16. The normalized spacial score (nSPS) is 28.6. The highest BCUT2D eigenvalue weighted by Crippen LogP contribution is 2.34. The summed E-state index contributed by atoms with van der Waals surface area (Å²) >= 11 is 0. The summed E-state index contributed by atoms with van der Waals surface area (Å²) in [6.45, 7) is -0.600. The van der Waals surface area contributed by atoms with Crippen molar-refractivity contribution in [1.82, 2.24) is 35.3 Å². The lowest BCUT2D eigenvalue weighted by molar-refractivity contribution is -0.213. The molecule has 4 aromatic rings. The number of halogens is 2. The molecule has 6 rings (SSSR count). The molecule has 2 aliphatic rings. The van der Waals surface area contributed by atoms with Gasteiger partial charge in [0.25, 0.3) is 5.91 Å². The second-order valence-corrected chi connectivity index (χ2v) is 11.3. The fraction of sp³-hybridized carbons (Fsp3) is 0.433.